The van der Waals surface area contributed by atoms with Crippen LogP contribution < -0.4 is 9.04 Å². The van der Waals surface area contributed by atoms with Crippen LogP contribution in [0, 0.1) is 0 Å². The number of sulfonamides is 1. The second-order valence-corrected chi connectivity index (χ2v) is 6.73. The summed E-state index contributed by atoms with van der Waals surface area (Å²) in [7, 11) is -2.27. The minimum Gasteiger partial charge on any atom is -0.495 e. The average Bonchev–Trinajstić information content (AvgIpc) is 2.53. The molecule has 0 saturated carbocycles. The largest absolute Gasteiger partial charge is 0.495 e. The van der Waals surface area contributed by atoms with Crippen LogP contribution in [-0.2, 0) is 10.0 Å². The number of anilines is 1. The van der Waals surface area contributed by atoms with Gasteiger partial charge in [0.15, 0.2) is 0 Å². The van der Waals surface area contributed by atoms with Crippen LogP contribution in [-0.4, -0.2) is 22.1 Å². The Kier molecular flexibility index (Phi) is 5.11. The lowest BCUT2D eigenvalue weighted by Crippen LogP contribution is -2.31. The minimum absolute atomic E-state index is 0.101. The second kappa shape index (κ2) is 6.85. The number of nitrogens with zero attached hydrogens (tertiary/aromatic N) is 1. The highest BCUT2D eigenvalue weighted by Gasteiger charge is 2.24. The van der Waals surface area contributed by atoms with Gasteiger partial charge in [-0.15, -0.1) is 6.58 Å². The first-order chi connectivity index (χ1) is 10.5. The zero-order valence-electron chi connectivity index (χ0n) is 12.1. The Hall–Kier alpha value is -1.98. The molecule has 0 N–H and O–H groups in total. The van der Waals surface area contributed by atoms with Gasteiger partial charge in [0.2, 0.25) is 0 Å². The molecule has 6 heteroatoms. The molecule has 0 fully saturated rings. The third-order valence-electron chi connectivity index (χ3n) is 3.05. The number of hydrogen-bond donors (Lipinski definition) is 0. The summed E-state index contributed by atoms with van der Waals surface area (Å²) in [5.74, 6) is 0.426. The Balaban J connectivity index is 2.50. The van der Waals surface area contributed by atoms with Crippen molar-refractivity contribution in [2.24, 2.45) is 0 Å². The van der Waals surface area contributed by atoms with Crippen molar-refractivity contribution in [3.8, 4) is 5.75 Å². The van der Waals surface area contributed by atoms with Crippen LogP contribution in [0.2, 0.25) is 5.02 Å². The van der Waals surface area contributed by atoms with Gasteiger partial charge < -0.3 is 4.74 Å². The molecule has 0 spiro atoms. The van der Waals surface area contributed by atoms with E-state index in [-0.39, 0.29) is 16.5 Å². The van der Waals surface area contributed by atoms with Crippen LogP contribution in [0.3, 0.4) is 0 Å². The quantitative estimate of drug-likeness (QED) is 0.754. The molecule has 0 unspecified atom stereocenters. The zero-order chi connectivity index (χ0) is 16.2. The van der Waals surface area contributed by atoms with Crippen LogP contribution in [0.15, 0.2) is 66.1 Å². The molecule has 0 saturated heterocycles. The van der Waals surface area contributed by atoms with E-state index in [0.29, 0.717) is 11.4 Å². The van der Waals surface area contributed by atoms with Crippen molar-refractivity contribution in [1.82, 2.24) is 0 Å². The summed E-state index contributed by atoms with van der Waals surface area (Å²) in [6, 6.07) is 13.2. The van der Waals surface area contributed by atoms with E-state index >= 15 is 0 Å². The Morgan fingerprint density at radius 3 is 2.45 bits per heavy atom. The molecule has 2 aromatic carbocycles. The molecule has 0 radical (unpaired) electrons. The van der Waals surface area contributed by atoms with Crippen LogP contribution in [0.4, 0.5) is 5.69 Å². The molecule has 0 aliphatic rings. The van der Waals surface area contributed by atoms with Crippen molar-refractivity contribution in [3.05, 3.63) is 66.2 Å². The van der Waals surface area contributed by atoms with E-state index in [1.165, 1.54) is 35.7 Å². The fraction of sp³-hybridized carbons (Fsp3) is 0.125. The van der Waals surface area contributed by atoms with E-state index in [4.69, 9.17) is 16.3 Å². The Morgan fingerprint density at radius 2 is 1.91 bits per heavy atom. The van der Waals surface area contributed by atoms with Gasteiger partial charge in [-0.3, -0.25) is 4.31 Å². The van der Waals surface area contributed by atoms with Gasteiger partial charge in [-0.05, 0) is 30.3 Å². The lowest BCUT2D eigenvalue weighted by Gasteiger charge is -2.23. The molecule has 4 nitrogen and oxygen atoms in total. The lowest BCUT2D eigenvalue weighted by molar-refractivity contribution is 0.414. The smallest absolute Gasteiger partial charge is 0.264 e. The van der Waals surface area contributed by atoms with Crippen LogP contribution >= 0.6 is 11.6 Å². The van der Waals surface area contributed by atoms with Crippen molar-refractivity contribution in [1.29, 1.82) is 0 Å². The normalized spacial score (nSPS) is 11.0. The maximum absolute atomic E-state index is 12.9. The summed E-state index contributed by atoms with van der Waals surface area (Å²) < 4.78 is 32.0. The van der Waals surface area contributed by atoms with Gasteiger partial charge in [0.1, 0.15) is 5.75 Å². The molecule has 0 heterocycles. The van der Waals surface area contributed by atoms with Gasteiger partial charge in [0, 0.05) is 0 Å². The highest BCUT2D eigenvalue weighted by Crippen LogP contribution is 2.30. The third kappa shape index (κ3) is 3.26. The topological polar surface area (TPSA) is 46.6 Å². The first-order valence-electron chi connectivity index (χ1n) is 6.53. The lowest BCUT2D eigenvalue weighted by atomic mass is 10.3. The van der Waals surface area contributed by atoms with Gasteiger partial charge in [0.25, 0.3) is 10.0 Å². The maximum Gasteiger partial charge on any atom is 0.264 e. The number of hydrogen-bond acceptors (Lipinski definition) is 3. The van der Waals surface area contributed by atoms with E-state index in [0.717, 1.165) is 0 Å². The molecule has 0 atom stereocenters. The molecule has 0 amide bonds. The van der Waals surface area contributed by atoms with E-state index in [9.17, 15) is 8.42 Å². The average molecular weight is 338 g/mol. The zero-order valence-corrected chi connectivity index (χ0v) is 13.6. The number of ether oxygens (including phenoxy) is 1. The second-order valence-electron chi connectivity index (χ2n) is 4.46. The molecule has 2 rings (SSSR count). The predicted octanol–water partition coefficient (Wildman–Crippen LogP) is 3.73. The Bertz CT molecular complexity index is 760. The summed E-state index contributed by atoms with van der Waals surface area (Å²) in [6.07, 6.45) is 1.54. The molecular weight excluding hydrogens is 322 g/mol. The first kappa shape index (κ1) is 16.4. The standard InChI is InChI=1S/C16H16ClNO3S/c1-3-11-18(13-7-5-4-6-8-13)22(19,20)14-9-10-16(21-2)15(17)12-14/h3-10,12H,1,11H2,2H3. The van der Waals surface area contributed by atoms with E-state index in [2.05, 4.69) is 6.58 Å². The monoisotopic (exact) mass is 337 g/mol. The fourth-order valence-corrected chi connectivity index (χ4v) is 3.77. The summed E-state index contributed by atoms with van der Waals surface area (Å²) in [6.45, 7) is 3.79. The Morgan fingerprint density at radius 1 is 1.23 bits per heavy atom. The Labute approximate surface area is 135 Å². The van der Waals surface area contributed by atoms with E-state index in [1.807, 2.05) is 6.07 Å². The maximum atomic E-state index is 12.9. The number of benzene rings is 2. The van der Waals surface area contributed by atoms with Crippen molar-refractivity contribution in [2.45, 2.75) is 4.90 Å². The SMILES string of the molecule is C=CCN(c1ccccc1)S(=O)(=O)c1ccc(OC)c(Cl)c1. The summed E-state index contributed by atoms with van der Waals surface area (Å²) in [4.78, 5) is 0.101. The van der Waals surface area contributed by atoms with Crippen LogP contribution in [0.5, 0.6) is 5.75 Å². The molecule has 22 heavy (non-hydrogen) atoms. The van der Waals surface area contributed by atoms with Crippen LogP contribution in [0.25, 0.3) is 0 Å². The molecule has 2 aromatic rings. The van der Waals surface area contributed by atoms with E-state index in [1.54, 1.807) is 24.3 Å². The summed E-state index contributed by atoms with van der Waals surface area (Å²) in [5, 5.41) is 0.246. The van der Waals surface area contributed by atoms with Gasteiger partial charge in [-0.25, -0.2) is 8.42 Å². The number of halogens is 1. The van der Waals surface area contributed by atoms with Crippen molar-refractivity contribution in [2.75, 3.05) is 18.0 Å². The number of methoxy groups -OCH3 is 1. The third-order valence-corrected chi connectivity index (χ3v) is 5.14. The highest BCUT2D eigenvalue weighted by molar-refractivity contribution is 7.92. The fourth-order valence-electron chi connectivity index (χ4n) is 1.99. The molecule has 116 valence electrons. The van der Waals surface area contributed by atoms with Gasteiger partial charge in [0.05, 0.1) is 29.3 Å². The molecule has 0 aliphatic carbocycles. The number of para-hydroxylation sites is 1. The predicted molar refractivity (Wildman–Crippen MR) is 89.2 cm³/mol. The molecule has 0 aliphatic heterocycles. The molecule has 0 aromatic heterocycles. The highest BCUT2D eigenvalue weighted by atomic mass is 35.5. The molecule has 0 bridgehead atoms. The van der Waals surface area contributed by atoms with Crippen molar-refractivity contribution in [3.63, 3.8) is 0 Å². The van der Waals surface area contributed by atoms with Gasteiger partial charge in [-0.1, -0.05) is 35.9 Å². The molecular formula is C16H16ClNO3S. The minimum atomic E-state index is -3.74. The van der Waals surface area contributed by atoms with Crippen molar-refractivity contribution < 1.29 is 13.2 Å². The van der Waals surface area contributed by atoms with Gasteiger partial charge >= 0.3 is 0 Å². The number of rotatable bonds is 6. The van der Waals surface area contributed by atoms with E-state index < -0.39 is 10.0 Å². The summed E-state index contributed by atoms with van der Waals surface area (Å²) in [5.41, 5.74) is 0.564. The van der Waals surface area contributed by atoms with Crippen molar-refractivity contribution >= 4 is 27.3 Å². The van der Waals surface area contributed by atoms with Crippen LogP contribution in [0.1, 0.15) is 0 Å². The summed E-state index contributed by atoms with van der Waals surface area (Å²) >= 11 is 6.04. The van der Waals surface area contributed by atoms with Gasteiger partial charge in [-0.2, -0.15) is 0 Å². The first-order valence-corrected chi connectivity index (χ1v) is 8.34.